The third-order valence-electron chi connectivity index (χ3n) is 10.1. The lowest BCUT2D eigenvalue weighted by Gasteiger charge is -2.39. The first-order valence-corrected chi connectivity index (χ1v) is 21.1. The molecule has 13 nitrogen and oxygen atoms in total. The number of hydrogen-bond donors (Lipinski definition) is 1. The van der Waals surface area contributed by atoms with Crippen molar-refractivity contribution in [3.63, 3.8) is 0 Å². The number of carbonyl (C=O) groups is 1. The van der Waals surface area contributed by atoms with Crippen molar-refractivity contribution in [3.05, 3.63) is 154 Å². The monoisotopic (exact) mass is 833 g/mol. The molecule has 0 aliphatic carbocycles. The van der Waals surface area contributed by atoms with E-state index in [1.54, 1.807) is 50.7 Å². The van der Waals surface area contributed by atoms with Crippen LogP contribution in [0.3, 0.4) is 0 Å². The first kappa shape index (κ1) is 44.1. The molecule has 1 amide bonds. The van der Waals surface area contributed by atoms with Crippen molar-refractivity contribution in [1.29, 1.82) is 5.26 Å². The summed E-state index contributed by atoms with van der Waals surface area (Å²) in [5, 5.41) is 12.1. The van der Waals surface area contributed by atoms with Gasteiger partial charge in [0.25, 0.3) is 14.4 Å². The van der Waals surface area contributed by atoms with Gasteiger partial charge in [0.2, 0.25) is 0 Å². The van der Waals surface area contributed by atoms with Gasteiger partial charge in [0, 0.05) is 30.3 Å². The van der Waals surface area contributed by atoms with Gasteiger partial charge in [0.1, 0.15) is 35.2 Å². The largest absolute Gasteiger partial charge is 0.497 e. The normalized spacial score (nSPS) is 17.1. The van der Waals surface area contributed by atoms with Crippen LogP contribution in [-0.4, -0.2) is 71.9 Å². The summed E-state index contributed by atoms with van der Waals surface area (Å²) in [5.41, 5.74) is 1.22. The van der Waals surface area contributed by atoms with Crippen LogP contribution in [0.1, 0.15) is 73.8 Å². The third kappa shape index (κ3) is 10.3. The van der Waals surface area contributed by atoms with Crippen LogP contribution in [-0.2, 0) is 24.1 Å². The Kier molecular flexibility index (Phi) is 15.2. The summed E-state index contributed by atoms with van der Waals surface area (Å²) in [7, 11) is 1.55. The van der Waals surface area contributed by atoms with Crippen molar-refractivity contribution < 1.29 is 32.8 Å². The Bertz CT molecular complexity index is 2180. The van der Waals surface area contributed by atoms with E-state index in [0.717, 1.165) is 16.7 Å². The van der Waals surface area contributed by atoms with Crippen molar-refractivity contribution in [3.8, 4) is 17.6 Å². The van der Waals surface area contributed by atoms with E-state index >= 15 is 0 Å². The molecule has 1 fully saturated rings. The molecule has 1 aromatic heterocycles. The molecular formula is C46H52N5O8P. The number of rotatable bonds is 19. The van der Waals surface area contributed by atoms with Crippen molar-refractivity contribution in [2.45, 2.75) is 76.7 Å². The standard InChI is InChI=1S/C46H52N5O8P/c1-32(2)51(33(3)4)60(57-29-13-27-47)59-40-30-43(50-28-26-42(49-45(50)53)48-44(52)34-14-9-7-10-15-34)58-41(40)31-56-46(35-16-11-8-12-17-35,36-18-22-38(54-5)23-19-36)37-20-24-39(55-6)25-21-37/h7-12,14-26,28,32-33,40-41,43H,13,29-31H2,1-6H3,(H,48,49,52,53)/t40-,41-,43+,60?/m0/s1. The molecule has 0 bridgehead atoms. The molecule has 1 unspecified atom stereocenters. The van der Waals surface area contributed by atoms with E-state index in [9.17, 15) is 14.9 Å². The molecule has 1 saturated heterocycles. The Labute approximate surface area is 352 Å². The lowest BCUT2D eigenvalue weighted by Crippen LogP contribution is -2.39. The number of nitrogens with zero attached hydrogens (tertiary/aromatic N) is 4. The third-order valence-corrected chi connectivity index (χ3v) is 12.3. The minimum atomic E-state index is -1.70. The van der Waals surface area contributed by atoms with Crippen LogP contribution in [0, 0.1) is 11.3 Å². The van der Waals surface area contributed by atoms with Gasteiger partial charge in [-0.15, -0.1) is 0 Å². The summed E-state index contributed by atoms with van der Waals surface area (Å²) in [4.78, 5) is 30.7. The van der Waals surface area contributed by atoms with Crippen molar-refractivity contribution >= 4 is 20.3 Å². The average molecular weight is 834 g/mol. The van der Waals surface area contributed by atoms with Crippen LogP contribution in [0.4, 0.5) is 5.82 Å². The predicted molar refractivity (Wildman–Crippen MR) is 230 cm³/mol. The lowest BCUT2D eigenvalue weighted by atomic mass is 9.80. The molecule has 1 N–H and O–H groups in total. The molecule has 1 aliphatic heterocycles. The fourth-order valence-electron chi connectivity index (χ4n) is 7.30. The molecule has 314 valence electrons. The minimum Gasteiger partial charge on any atom is -0.497 e. The predicted octanol–water partition coefficient (Wildman–Crippen LogP) is 8.47. The van der Waals surface area contributed by atoms with Crippen LogP contribution in [0.2, 0.25) is 0 Å². The Morgan fingerprint density at radius 3 is 1.98 bits per heavy atom. The van der Waals surface area contributed by atoms with E-state index in [4.69, 9.17) is 28.0 Å². The quantitative estimate of drug-likeness (QED) is 0.0486. The van der Waals surface area contributed by atoms with Gasteiger partial charge in [-0.05, 0) is 86.8 Å². The van der Waals surface area contributed by atoms with E-state index in [0.29, 0.717) is 17.1 Å². The van der Waals surface area contributed by atoms with Crippen LogP contribution < -0.4 is 20.5 Å². The number of aromatic nitrogens is 2. The number of anilines is 1. The van der Waals surface area contributed by atoms with E-state index in [-0.39, 0.29) is 49.9 Å². The number of nitrogens with one attached hydrogen (secondary N) is 1. The highest BCUT2D eigenvalue weighted by Crippen LogP contribution is 2.50. The van der Waals surface area contributed by atoms with Crippen LogP contribution in [0.15, 0.2) is 126 Å². The van der Waals surface area contributed by atoms with Crippen LogP contribution in [0.25, 0.3) is 0 Å². The maximum atomic E-state index is 13.7. The maximum Gasteiger partial charge on any atom is 0.351 e. The highest BCUT2D eigenvalue weighted by Gasteiger charge is 2.45. The molecule has 4 atom stereocenters. The number of carbonyl (C=O) groups excluding carboxylic acids is 1. The summed E-state index contributed by atoms with van der Waals surface area (Å²) in [6, 6.07) is 38.0. The maximum absolute atomic E-state index is 13.7. The Morgan fingerprint density at radius 1 is 0.883 bits per heavy atom. The molecule has 1 aliphatic rings. The number of nitriles is 1. The Morgan fingerprint density at radius 2 is 1.45 bits per heavy atom. The highest BCUT2D eigenvalue weighted by molar-refractivity contribution is 7.44. The summed E-state index contributed by atoms with van der Waals surface area (Å²) in [6.45, 7) is 8.49. The van der Waals surface area contributed by atoms with E-state index in [1.807, 2.05) is 84.9 Å². The van der Waals surface area contributed by atoms with Gasteiger partial charge >= 0.3 is 5.69 Å². The van der Waals surface area contributed by atoms with Gasteiger partial charge in [-0.2, -0.15) is 10.2 Å². The van der Waals surface area contributed by atoms with Gasteiger partial charge in [-0.25, -0.2) is 9.46 Å². The number of ether oxygens (including phenoxy) is 4. The zero-order valence-corrected chi connectivity index (χ0v) is 35.7. The van der Waals surface area contributed by atoms with E-state index in [1.165, 1.54) is 4.57 Å². The summed E-state index contributed by atoms with van der Waals surface area (Å²) in [5.74, 6) is 1.12. The minimum absolute atomic E-state index is 0.0201. The number of amides is 1. The fourth-order valence-corrected chi connectivity index (χ4v) is 9.06. The Balaban J connectivity index is 1.39. The van der Waals surface area contributed by atoms with Gasteiger partial charge in [-0.1, -0.05) is 72.8 Å². The summed E-state index contributed by atoms with van der Waals surface area (Å²) >= 11 is 0. The highest BCUT2D eigenvalue weighted by atomic mass is 31.2. The first-order chi connectivity index (χ1) is 29.1. The second-order valence-electron chi connectivity index (χ2n) is 14.7. The van der Waals surface area contributed by atoms with Gasteiger partial charge < -0.3 is 33.3 Å². The average Bonchev–Trinajstić information content (AvgIpc) is 3.66. The molecule has 14 heteroatoms. The Hall–Kier alpha value is -5.45. The molecule has 0 spiro atoms. The van der Waals surface area contributed by atoms with Crippen molar-refractivity contribution in [2.24, 2.45) is 0 Å². The fraction of sp³-hybridized carbons (Fsp3) is 0.348. The SMILES string of the molecule is COc1ccc(C(OC[C@@H]2O[C@@H](n3ccc(NC(=O)c4ccccc4)nc3=O)C[C@@H]2OP(OCCC#N)N(C(C)C)C(C)C)(c2ccccc2)c2ccc(OC)cc2)cc1. The van der Waals surface area contributed by atoms with Crippen LogP contribution >= 0.6 is 8.53 Å². The molecule has 2 heterocycles. The topological polar surface area (TPSA) is 146 Å². The summed E-state index contributed by atoms with van der Waals surface area (Å²) < 4.78 is 41.9. The second-order valence-corrected chi connectivity index (χ2v) is 16.1. The molecule has 6 rings (SSSR count). The number of methoxy groups -OCH3 is 2. The summed E-state index contributed by atoms with van der Waals surface area (Å²) in [6.07, 6.45) is -0.153. The zero-order valence-electron chi connectivity index (χ0n) is 34.8. The zero-order chi connectivity index (χ0) is 42.6. The molecule has 5 aromatic rings. The smallest absolute Gasteiger partial charge is 0.351 e. The van der Waals surface area contributed by atoms with Gasteiger partial charge in [0.05, 0.1) is 46.0 Å². The lowest BCUT2D eigenvalue weighted by molar-refractivity contribution is -0.0925. The second kappa shape index (κ2) is 20.7. The molecule has 0 radical (unpaired) electrons. The number of benzene rings is 4. The van der Waals surface area contributed by atoms with E-state index < -0.39 is 38.3 Å². The molecule has 4 aromatic carbocycles. The van der Waals surface area contributed by atoms with Gasteiger partial charge in [-0.3, -0.25) is 9.36 Å². The molecule has 0 saturated carbocycles. The first-order valence-electron chi connectivity index (χ1n) is 19.9. The van der Waals surface area contributed by atoms with E-state index in [2.05, 4.69) is 48.7 Å². The van der Waals surface area contributed by atoms with Crippen LogP contribution in [0.5, 0.6) is 11.5 Å². The van der Waals surface area contributed by atoms with Crippen molar-refractivity contribution in [2.75, 3.05) is 32.8 Å². The van der Waals surface area contributed by atoms with Gasteiger partial charge in [0.15, 0.2) is 0 Å². The molecular weight excluding hydrogens is 782 g/mol. The molecule has 60 heavy (non-hydrogen) atoms. The van der Waals surface area contributed by atoms with Crippen molar-refractivity contribution in [1.82, 2.24) is 14.2 Å². The number of hydrogen-bond acceptors (Lipinski definition) is 11.